The van der Waals surface area contributed by atoms with Gasteiger partial charge >= 0.3 is 0 Å². The minimum absolute atomic E-state index is 0.0171. The molecule has 0 aliphatic heterocycles. The number of rotatable bonds is 8. The number of amides is 1. The van der Waals surface area contributed by atoms with Crippen molar-refractivity contribution in [1.82, 2.24) is 9.73 Å². The zero-order chi connectivity index (χ0) is 23.1. The Bertz CT molecular complexity index is 1220. The van der Waals surface area contributed by atoms with Crippen LogP contribution >= 0.6 is 23.2 Å². The summed E-state index contributed by atoms with van der Waals surface area (Å²) < 4.78 is 40.4. The Labute approximate surface area is 195 Å². The minimum Gasteiger partial charge on any atom is -0.272 e. The first-order chi connectivity index (χ1) is 15.3. The predicted molar refractivity (Wildman–Crippen MR) is 123 cm³/mol. The summed E-state index contributed by atoms with van der Waals surface area (Å²) in [6, 6.07) is 17.9. The lowest BCUT2D eigenvalue weighted by Gasteiger charge is -2.22. The number of benzene rings is 3. The zero-order valence-corrected chi connectivity index (χ0v) is 18.9. The van der Waals surface area contributed by atoms with Gasteiger partial charge in [0.2, 0.25) is 10.0 Å². The minimum atomic E-state index is -4.05. The summed E-state index contributed by atoms with van der Waals surface area (Å²) in [5, 5.41) is 4.56. The van der Waals surface area contributed by atoms with Crippen LogP contribution in [-0.4, -0.2) is 31.4 Å². The van der Waals surface area contributed by atoms with Gasteiger partial charge in [-0.2, -0.15) is 9.41 Å². The van der Waals surface area contributed by atoms with E-state index in [0.717, 1.165) is 4.31 Å². The molecule has 0 aromatic heterocycles. The smallest absolute Gasteiger partial charge is 0.255 e. The van der Waals surface area contributed by atoms with Gasteiger partial charge in [0.05, 0.1) is 17.7 Å². The van der Waals surface area contributed by atoms with Crippen LogP contribution in [0.5, 0.6) is 0 Å². The highest BCUT2D eigenvalue weighted by Crippen LogP contribution is 2.23. The van der Waals surface area contributed by atoms with Crippen LogP contribution in [0, 0.1) is 5.82 Å². The molecule has 0 unspecified atom stereocenters. The molecule has 10 heteroatoms. The largest absolute Gasteiger partial charge is 0.272 e. The highest BCUT2D eigenvalue weighted by Gasteiger charge is 2.27. The van der Waals surface area contributed by atoms with E-state index in [1.54, 1.807) is 24.3 Å². The molecule has 0 heterocycles. The monoisotopic (exact) mass is 493 g/mol. The lowest BCUT2D eigenvalue weighted by molar-refractivity contribution is -0.121. The van der Waals surface area contributed by atoms with Crippen molar-refractivity contribution in [3.63, 3.8) is 0 Å². The summed E-state index contributed by atoms with van der Waals surface area (Å²) in [5.41, 5.74) is 3.39. The van der Waals surface area contributed by atoms with Gasteiger partial charge in [0.25, 0.3) is 5.91 Å². The third-order valence-corrected chi connectivity index (χ3v) is 6.78. The van der Waals surface area contributed by atoms with Crippen molar-refractivity contribution in [2.24, 2.45) is 5.10 Å². The Morgan fingerprint density at radius 3 is 2.31 bits per heavy atom. The summed E-state index contributed by atoms with van der Waals surface area (Å²) in [6.07, 6.45) is 1.32. The van der Waals surface area contributed by atoms with Crippen LogP contribution in [0.25, 0.3) is 0 Å². The van der Waals surface area contributed by atoms with Gasteiger partial charge in [-0.3, -0.25) is 4.79 Å². The molecule has 32 heavy (non-hydrogen) atoms. The van der Waals surface area contributed by atoms with E-state index < -0.39 is 28.3 Å². The molecule has 0 spiro atoms. The van der Waals surface area contributed by atoms with Gasteiger partial charge in [-0.1, -0.05) is 53.5 Å². The second-order valence-corrected chi connectivity index (χ2v) is 9.44. The van der Waals surface area contributed by atoms with Crippen LogP contribution < -0.4 is 5.43 Å². The summed E-state index contributed by atoms with van der Waals surface area (Å²) in [5.74, 6) is -1.05. The molecule has 6 nitrogen and oxygen atoms in total. The molecule has 0 fully saturated rings. The molecule has 0 bridgehead atoms. The first-order valence-corrected chi connectivity index (χ1v) is 11.5. The molecule has 1 amide bonds. The fourth-order valence-corrected chi connectivity index (χ4v) is 4.42. The van der Waals surface area contributed by atoms with Gasteiger partial charge < -0.3 is 0 Å². The van der Waals surface area contributed by atoms with Crippen LogP contribution in [0.1, 0.15) is 11.1 Å². The van der Waals surface area contributed by atoms with Gasteiger partial charge in [0.1, 0.15) is 5.82 Å². The van der Waals surface area contributed by atoms with Gasteiger partial charge in [0.15, 0.2) is 0 Å². The topological polar surface area (TPSA) is 78.8 Å². The molecule has 0 atom stereocenters. The highest BCUT2D eigenvalue weighted by atomic mass is 35.5. The van der Waals surface area contributed by atoms with Gasteiger partial charge in [-0.15, -0.1) is 0 Å². The van der Waals surface area contributed by atoms with E-state index in [4.69, 9.17) is 23.2 Å². The quantitative estimate of drug-likeness (QED) is 0.371. The number of hydrazone groups is 1. The van der Waals surface area contributed by atoms with Gasteiger partial charge in [-0.25, -0.2) is 18.2 Å². The second kappa shape index (κ2) is 10.7. The van der Waals surface area contributed by atoms with Crippen molar-refractivity contribution in [3.8, 4) is 0 Å². The zero-order valence-electron chi connectivity index (χ0n) is 16.6. The molecule has 0 saturated heterocycles. The fourth-order valence-electron chi connectivity index (χ4n) is 2.72. The highest BCUT2D eigenvalue weighted by molar-refractivity contribution is 7.89. The standard InChI is InChI=1S/C22H18Cl2FN3O3S/c23-18-7-11-20(12-8-18)32(30,31)28(14-17-3-1-2-4-21(17)24)15-22(29)27-26-13-16-5-9-19(25)10-6-16/h1-13H,14-15H2,(H,27,29). The average molecular weight is 494 g/mol. The Morgan fingerprint density at radius 1 is 1.00 bits per heavy atom. The number of sulfonamides is 1. The Kier molecular flexibility index (Phi) is 7.98. The Morgan fingerprint density at radius 2 is 1.66 bits per heavy atom. The Hall–Kier alpha value is -2.78. The van der Waals surface area contributed by atoms with E-state index in [2.05, 4.69) is 10.5 Å². The molecule has 166 valence electrons. The van der Waals surface area contributed by atoms with Crippen LogP contribution in [0.3, 0.4) is 0 Å². The maximum atomic E-state index is 13.2. The van der Waals surface area contributed by atoms with E-state index in [1.165, 1.54) is 54.7 Å². The lowest BCUT2D eigenvalue weighted by Crippen LogP contribution is -2.39. The molecule has 3 rings (SSSR count). The van der Waals surface area contributed by atoms with E-state index in [9.17, 15) is 17.6 Å². The first-order valence-electron chi connectivity index (χ1n) is 9.32. The van der Waals surface area contributed by atoms with Crippen molar-refractivity contribution in [1.29, 1.82) is 0 Å². The molecular weight excluding hydrogens is 476 g/mol. The molecule has 1 N–H and O–H groups in total. The number of nitrogens with one attached hydrogen (secondary N) is 1. The van der Waals surface area contributed by atoms with E-state index in [-0.39, 0.29) is 11.4 Å². The van der Waals surface area contributed by atoms with Gasteiger partial charge in [-0.05, 0) is 53.6 Å². The number of carbonyl (C=O) groups excluding carboxylic acids is 1. The average Bonchev–Trinajstić information content (AvgIpc) is 2.76. The van der Waals surface area contributed by atoms with Crippen LogP contribution in [0.4, 0.5) is 4.39 Å². The number of nitrogens with zero attached hydrogens (tertiary/aromatic N) is 2. The fraction of sp³-hybridized carbons (Fsp3) is 0.0909. The normalized spacial score (nSPS) is 11.8. The van der Waals surface area contributed by atoms with Crippen molar-refractivity contribution in [3.05, 3.63) is 99.8 Å². The molecule has 0 aliphatic carbocycles. The lowest BCUT2D eigenvalue weighted by atomic mass is 10.2. The van der Waals surface area contributed by atoms with Crippen molar-refractivity contribution in [2.75, 3.05) is 6.54 Å². The molecule has 0 saturated carbocycles. The van der Waals surface area contributed by atoms with E-state index in [1.807, 2.05) is 0 Å². The molecular formula is C22H18Cl2FN3O3S. The molecule has 3 aromatic rings. The van der Waals surface area contributed by atoms with E-state index in [0.29, 0.717) is 21.2 Å². The summed E-state index contributed by atoms with van der Waals surface area (Å²) >= 11 is 12.1. The van der Waals surface area contributed by atoms with E-state index >= 15 is 0 Å². The summed E-state index contributed by atoms with van der Waals surface area (Å²) in [7, 11) is -4.05. The maximum Gasteiger partial charge on any atom is 0.255 e. The second-order valence-electron chi connectivity index (χ2n) is 6.66. The number of carbonyl (C=O) groups is 1. The number of hydrogen-bond donors (Lipinski definition) is 1. The third kappa shape index (κ3) is 6.37. The SMILES string of the molecule is O=C(CN(Cc1ccccc1Cl)S(=O)(=O)c1ccc(Cl)cc1)NN=Cc1ccc(F)cc1. The number of halogens is 3. The first kappa shape index (κ1) is 23.9. The molecule has 0 radical (unpaired) electrons. The molecule has 3 aromatic carbocycles. The molecule has 0 aliphatic rings. The number of hydrogen-bond acceptors (Lipinski definition) is 4. The van der Waals surface area contributed by atoms with Crippen molar-refractivity contribution in [2.45, 2.75) is 11.4 Å². The maximum absolute atomic E-state index is 13.2. The predicted octanol–water partition coefficient (Wildman–Crippen LogP) is 4.47. The summed E-state index contributed by atoms with van der Waals surface area (Å²) in [6.45, 7) is -0.628. The van der Waals surface area contributed by atoms with Crippen LogP contribution in [-0.2, 0) is 21.4 Å². The summed E-state index contributed by atoms with van der Waals surface area (Å²) in [4.78, 5) is 12.4. The Balaban J connectivity index is 1.80. The van der Waals surface area contributed by atoms with Crippen LogP contribution in [0.15, 0.2) is 82.8 Å². The van der Waals surface area contributed by atoms with Crippen LogP contribution in [0.2, 0.25) is 10.0 Å². The third-order valence-electron chi connectivity index (χ3n) is 4.35. The van der Waals surface area contributed by atoms with Crippen molar-refractivity contribution < 1.29 is 17.6 Å². The van der Waals surface area contributed by atoms with Gasteiger partial charge in [0, 0.05) is 16.6 Å². The van der Waals surface area contributed by atoms with Crippen molar-refractivity contribution >= 4 is 45.3 Å².